The number of carbonyl (C=O) groups excluding carboxylic acids is 1. The van der Waals surface area contributed by atoms with E-state index in [-0.39, 0.29) is 24.2 Å². The molecular formula is C17H33ClN4O3S. The van der Waals surface area contributed by atoms with Crippen molar-refractivity contribution < 1.29 is 13.2 Å². The van der Waals surface area contributed by atoms with E-state index in [2.05, 4.69) is 0 Å². The van der Waals surface area contributed by atoms with E-state index in [1.165, 1.54) is 0 Å². The molecule has 0 bridgehead atoms. The highest BCUT2D eigenvalue weighted by Gasteiger charge is 2.38. The van der Waals surface area contributed by atoms with E-state index in [9.17, 15) is 13.2 Å². The van der Waals surface area contributed by atoms with E-state index in [4.69, 9.17) is 5.73 Å². The number of nitrogens with two attached hydrogens (primary N) is 1. The minimum absolute atomic E-state index is 0. The summed E-state index contributed by atoms with van der Waals surface area (Å²) >= 11 is 0. The molecule has 0 aromatic carbocycles. The summed E-state index contributed by atoms with van der Waals surface area (Å²) in [5, 5.41) is 0. The molecule has 2 heterocycles. The fourth-order valence-corrected chi connectivity index (χ4v) is 6.12. The van der Waals surface area contributed by atoms with Gasteiger partial charge in [-0.25, -0.2) is 0 Å². The molecule has 7 nitrogen and oxygen atoms in total. The van der Waals surface area contributed by atoms with Crippen molar-refractivity contribution in [1.29, 1.82) is 0 Å². The van der Waals surface area contributed by atoms with Crippen molar-refractivity contribution in [3.8, 4) is 0 Å². The van der Waals surface area contributed by atoms with Crippen LogP contribution in [0, 0.1) is 11.8 Å². The predicted octanol–water partition coefficient (Wildman–Crippen LogP) is 1.05. The van der Waals surface area contributed by atoms with Crippen LogP contribution in [0.4, 0.5) is 0 Å². The Labute approximate surface area is 163 Å². The Morgan fingerprint density at radius 1 is 0.846 bits per heavy atom. The third kappa shape index (κ3) is 4.70. The lowest BCUT2D eigenvalue weighted by molar-refractivity contribution is -0.137. The van der Waals surface area contributed by atoms with Crippen molar-refractivity contribution in [3.05, 3.63) is 0 Å². The summed E-state index contributed by atoms with van der Waals surface area (Å²) in [6.45, 7) is 3.64. The number of halogens is 1. The molecule has 2 atom stereocenters. The van der Waals surface area contributed by atoms with Crippen LogP contribution in [0.3, 0.4) is 0 Å². The summed E-state index contributed by atoms with van der Waals surface area (Å²) in [6, 6.07) is 0. The maximum Gasteiger partial charge on any atom is 0.282 e. The SMILES string of the molecule is Cl.NC[C@H]1CCC[C@H]1C(=O)N1CCN(S(=O)(=O)N2CCCCCC2)CC1. The van der Waals surface area contributed by atoms with Gasteiger partial charge in [0.15, 0.2) is 0 Å². The Hall–Kier alpha value is -0.410. The molecule has 1 saturated carbocycles. The molecule has 2 N–H and O–H groups in total. The summed E-state index contributed by atoms with van der Waals surface area (Å²) in [5.41, 5.74) is 5.80. The number of amides is 1. The van der Waals surface area contributed by atoms with Crippen molar-refractivity contribution in [1.82, 2.24) is 13.5 Å². The van der Waals surface area contributed by atoms with Crippen LogP contribution in [0.2, 0.25) is 0 Å². The van der Waals surface area contributed by atoms with E-state index in [1.54, 1.807) is 8.61 Å². The number of hydrogen-bond acceptors (Lipinski definition) is 4. The van der Waals surface area contributed by atoms with E-state index < -0.39 is 10.2 Å². The number of piperazine rings is 1. The van der Waals surface area contributed by atoms with Crippen LogP contribution in [-0.2, 0) is 15.0 Å². The minimum atomic E-state index is -3.38. The number of hydrogen-bond donors (Lipinski definition) is 1. The van der Waals surface area contributed by atoms with Gasteiger partial charge in [-0.1, -0.05) is 19.3 Å². The van der Waals surface area contributed by atoms with E-state index >= 15 is 0 Å². The normalized spacial score (nSPS) is 29.2. The molecule has 2 saturated heterocycles. The number of rotatable bonds is 4. The lowest BCUT2D eigenvalue weighted by Gasteiger charge is -2.38. The molecule has 1 amide bonds. The van der Waals surface area contributed by atoms with Gasteiger partial charge in [0.05, 0.1) is 0 Å². The van der Waals surface area contributed by atoms with Crippen LogP contribution in [0.25, 0.3) is 0 Å². The van der Waals surface area contributed by atoms with Crippen LogP contribution in [0.15, 0.2) is 0 Å². The van der Waals surface area contributed by atoms with Crippen molar-refractivity contribution in [2.24, 2.45) is 17.6 Å². The molecule has 0 aromatic rings. The zero-order valence-electron chi connectivity index (χ0n) is 15.5. The quantitative estimate of drug-likeness (QED) is 0.753. The maximum absolute atomic E-state index is 12.9. The highest BCUT2D eigenvalue weighted by molar-refractivity contribution is 7.86. The molecule has 0 spiro atoms. The third-order valence-electron chi connectivity index (χ3n) is 6.05. The van der Waals surface area contributed by atoms with Crippen molar-refractivity contribution in [2.45, 2.75) is 44.9 Å². The molecule has 1 aliphatic carbocycles. The molecule has 2 aliphatic heterocycles. The Kier molecular flexibility index (Phi) is 8.15. The first-order valence-corrected chi connectivity index (χ1v) is 11.2. The largest absolute Gasteiger partial charge is 0.340 e. The fraction of sp³-hybridized carbons (Fsp3) is 0.941. The molecule has 3 aliphatic rings. The Morgan fingerprint density at radius 3 is 2.00 bits per heavy atom. The van der Waals surface area contributed by atoms with E-state index in [1.807, 2.05) is 4.90 Å². The first kappa shape index (κ1) is 21.9. The number of carbonyl (C=O) groups is 1. The van der Waals surface area contributed by atoms with Gasteiger partial charge in [0.2, 0.25) is 5.91 Å². The topological polar surface area (TPSA) is 87.0 Å². The molecule has 3 fully saturated rings. The van der Waals surface area contributed by atoms with Gasteiger partial charge in [0.1, 0.15) is 0 Å². The second kappa shape index (κ2) is 9.68. The van der Waals surface area contributed by atoms with Gasteiger partial charge in [-0.3, -0.25) is 4.79 Å². The second-order valence-corrected chi connectivity index (χ2v) is 9.51. The van der Waals surface area contributed by atoms with Gasteiger partial charge in [-0.05, 0) is 38.1 Å². The summed E-state index contributed by atoms with van der Waals surface area (Å²) in [5.74, 6) is 0.518. The summed E-state index contributed by atoms with van der Waals surface area (Å²) < 4.78 is 28.9. The molecule has 0 radical (unpaired) electrons. The molecular weight excluding hydrogens is 376 g/mol. The molecule has 9 heteroatoms. The smallest absolute Gasteiger partial charge is 0.282 e. The van der Waals surface area contributed by atoms with E-state index in [0.29, 0.717) is 51.7 Å². The highest BCUT2D eigenvalue weighted by atomic mass is 35.5. The van der Waals surface area contributed by atoms with Crippen molar-refractivity contribution in [3.63, 3.8) is 0 Å². The first-order chi connectivity index (χ1) is 12.0. The predicted molar refractivity (Wildman–Crippen MR) is 104 cm³/mol. The first-order valence-electron chi connectivity index (χ1n) is 9.78. The van der Waals surface area contributed by atoms with Crippen LogP contribution in [-0.4, -0.2) is 73.6 Å². The monoisotopic (exact) mass is 408 g/mol. The third-order valence-corrected chi connectivity index (χ3v) is 8.08. The Balaban J connectivity index is 0.00000243. The zero-order valence-corrected chi connectivity index (χ0v) is 17.1. The molecule has 3 rings (SSSR count). The van der Waals surface area contributed by atoms with Gasteiger partial charge in [-0.2, -0.15) is 17.0 Å². The lowest BCUT2D eigenvalue weighted by atomic mass is 9.94. The average Bonchev–Trinajstić information content (AvgIpc) is 2.93. The molecule has 0 unspecified atom stereocenters. The van der Waals surface area contributed by atoms with Crippen molar-refractivity contribution in [2.75, 3.05) is 45.8 Å². The summed E-state index contributed by atoms with van der Waals surface area (Å²) in [4.78, 5) is 14.6. The molecule has 0 aromatic heterocycles. The maximum atomic E-state index is 12.9. The van der Waals surface area contributed by atoms with Gasteiger partial charge >= 0.3 is 0 Å². The summed E-state index contributed by atoms with van der Waals surface area (Å²) in [7, 11) is -3.38. The fourth-order valence-electron chi connectivity index (χ4n) is 4.45. The Bertz CT molecular complexity index is 558. The van der Waals surface area contributed by atoms with E-state index in [0.717, 1.165) is 44.9 Å². The Morgan fingerprint density at radius 2 is 1.42 bits per heavy atom. The molecule has 26 heavy (non-hydrogen) atoms. The van der Waals surface area contributed by atoms with Crippen LogP contribution >= 0.6 is 12.4 Å². The zero-order chi connectivity index (χ0) is 17.9. The minimum Gasteiger partial charge on any atom is -0.340 e. The van der Waals surface area contributed by atoms with Gasteiger partial charge in [0, 0.05) is 45.2 Å². The summed E-state index contributed by atoms with van der Waals surface area (Å²) in [6.07, 6.45) is 7.14. The standard InChI is InChI=1S/C17H32N4O3S.ClH/c18-14-15-6-5-7-16(15)17(22)19-10-12-21(13-11-19)25(23,24)20-8-3-1-2-4-9-20;/h15-16H,1-14,18H2;1H/t15-,16-;/m1./s1. The van der Waals surface area contributed by atoms with Crippen LogP contribution < -0.4 is 5.73 Å². The van der Waals surface area contributed by atoms with Gasteiger partial charge in [0.25, 0.3) is 10.2 Å². The van der Waals surface area contributed by atoms with Crippen molar-refractivity contribution >= 4 is 28.5 Å². The lowest BCUT2D eigenvalue weighted by Crippen LogP contribution is -2.55. The molecule has 152 valence electrons. The average molecular weight is 409 g/mol. The van der Waals surface area contributed by atoms with Gasteiger partial charge < -0.3 is 10.6 Å². The highest BCUT2D eigenvalue weighted by Crippen LogP contribution is 2.32. The van der Waals surface area contributed by atoms with Crippen LogP contribution in [0.5, 0.6) is 0 Å². The number of nitrogens with zero attached hydrogens (tertiary/aromatic N) is 3. The van der Waals surface area contributed by atoms with Crippen LogP contribution in [0.1, 0.15) is 44.9 Å². The second-order valence-electron chi connectivity index (χ2n) is 7.58. The van der Waals surface area contributed by atoms with Gasteiger partial charge in [-0.15, -0.1) is 12.4 Å².